The van der Waals surface area contributed by atoms with E-state index in [0.29, 0.717) is 32.9 Å². The molecule has 0 saturated carbocycles. The first-order valence-corrected chi connectivity index (χ1v) is 10.1. The summed E-state index contributed by atoms with van der Waals surface area (Å²) < 4.78 is 32.8. The fourth-order valence-corrected chi connectivity index (χ4v) is 4.22. The molecule has 0 atom stereocenters. The minimum atomic E-state index is -3.80. The highest BCUT2D eigenvalue weighted by Crippen LogP contribution is 2.29. The average molecular weight is 430 g/mol. The van der Waals surface area contributed by atoms with Gasteiger partial charge in [0.25, 0.3) is 0 Å². The fraction of sp³-hybridized carbons (Fsp3) is 0.375. The molecule has 1 amide bonds. The van der Waals surface area contributed by atoms with Gasteiger partial charge in [-0.05, 0) is 47.5 Å². The van der Waals surface area contributed by atoms with Gasteiger partial charge in [0.05, 0.1) is 35.6 Å². The third-order valence-electron chi connectivity index (χ3n) is 3.80. The molecule has 136 valence electrons. The van der Waals surface area contributed by atoms with Crippen molar-refractivity contribution in [1.82, 2.24) is 9.78 Å². The summed E-state index contributed by atoms with van der Waals surface area (Å²) in [6.45, 7) is 3.41. The van der Waals surface area contributed by atoms with E-state index in [1.807, 2.05) is 0 Å². The van der Waals surface area contributed by atoms with Crippen molar-refractivity contribution in [2.75, 3.05) is 17.7 Å². The molecule has 9 heteroatoms. The van der Waals surface area contributed by atoms with E-state index in [9.17, 15) is 13.2 Å². The van der Waals surface area contributed by atoms with E-state index >= 15 is 0 Å². The lowest BCUT2D eigenvalue weighted by atomic mass is 10.1. The highest BCUT2D eigenvalue weighted by Gasteiger charge is 2.30. The van der Waals surface area contributed by atoms with Crippen molar-refractivity contribution in [3.05, 3.63) is 39.6 Å². The van der Waals surface area contributed by atoms with Crippen molar-refractivity contribution in [1.29, 1.82) is 0 Å². The van der Waals surface area contributed by atoms with Gasteiger partial charge < -0.3 is 4.74 Å². The van der Waals surface area contributed by atoms with Gasteiger partial charge in [-0.25, -0.2) is 12.7 Å². The number of hydrogen-bond acceptors (Lipinski definition) is 5. The SMILES string of the molecule is COc1ccc(CC(=O)N(c2c(C)nn(C)c2C)S(C)(=O)=O)cc1Br. The molecule has 0 aliphatic carbocycles. The van der Waals surface area contributed by atoms with Crippen LogP contribution in [0.1, 0.15) is 17.0 Å². The molecule has 0 spiro atoms. The monoisotopic (exact) mass is 429 g/mol. The highest BCUT2D eigenvalue weighted by atomic mass is 79.9. The molecule has 0 fully saturated rings. The Morgan fingerprint density at radius 3 is 2.44 bits per heavy atom. The molecule has 25 heavy (non-hydrogen) atoms. The number of methoxy groups -OCH3 is 1. The average Bonchev–Trinajstić information content (AvgIpc) is 2.73. The minimum Gasteiger partial charge on any atom is -0.496 e. The number of aromatic nitrogens is 2. The van der Waals surface area contributed by atoms with Crippen molar-refractivity contribution in [2.45, 2.75) is 20.3 Å². The van der Waals surface area contributed by atoms with Crippen LogP contribution in [0.15, 0.2) is 22.7 Å². The van der Waals surface area contributed by atoms with Crippen LogP contribution in [-0.4, -0.2) is 37.5 Å². The Kier molecular flexibility index (Phi) is 5.58. The molecular formula is C16H20BrN3O4S. The summed E-state index contributed by atoms with van der Waals surface area (Å²) in [5.74, 6) is 0.0916. The van der Waals surface area contributed by atoms with Gasteiger partial charge in [-0.1, -0.05) is 6.07 Å². The Morgan fingerprint density at radius 2 is 2.00 bits per heavy atom. The van der Waals surface area contributed by atoms with Gasteiger partial charge in [0, 0.05) is 7.05 Å². The lowest BCUT2D eigenvalue weighted by molar-refractivity contribution is -0.116. The summed E-state index contributed by atoms with van der Waals surface area (Å²) >= 11 is 3.36. The Balaban J connectivity index is 2.43. The normalized spacial score (nSPS) is 11.4. The van der Waals surface area contributed by atoms with Gasteiger partial charge in [0.2, 0.25) is 15.9 Å². The van der Waals surface area contributed by atoms with Crippen LogP contribution in [-0.2, 0) is 28.3 Å². The maximum Gasteiger partial charge on any atom is 0.245 e. The van der Waals surface area contributed by atoms with E-state index in [-0.39, 0.29) is 6.42 Å². The Bertz CT molecular complexity index is 922. The van der Waals surface area contributed by atoms with Crippen LogP contribution in [0, 0.1) is 13.8 Å². The molecule has 0 aliphatic rings. The molecule has 1 aromatic heterocycles. The number of aryl methyl sites for hydroxylation is 2. The Labute approximate surface area is 155 Å². The Morgan fingerprint density at radius 1 is 1.36 bits per heavy atom. The van der Waals surface area contributed by atoms with E-state index in [1.54, 1.807) is 50.9 Å². The molecule has 7 nitrogen and oxygen atoms in total. The maximum absolute atomic E-state index is 12.8. The number of hydrogen-bond donors (Lipinski definition) is 0. The van der Waals surface area contributed by atoms with Gasteiger partial charge in [0.15, 0.2) is 0 Å². The van der Waals surface area contributed by atoms with Crippen LogP contribution in [0.4, 0.5) is 5.69 Å². The van der Waals surface area contributed by atoms with Gasteiger partial charge in [0.1, 0.15) is 11.4 Å². The number of carbonyl (C=O) groups is 1. The zero-order valence-corrected chi connectivity index (χ0v) is 17.1. The first kappa shape index (κ1) is 19.5. The largest absolute Gasteiger partial charge is 0.496 e. The summed E-state index contributed by atoms with van der Waals surface area (Å²) in [4.78, 5) is 12.8. The predicted molar refractivity (Wildman–Crippen MR) is 99.4 cm³/mol. The molecule has 0 saturated heterocycles. The van der Waals surface area contributed by atoms with Crippen LogP contribution >= 0.6 is 15.9 Å². The van der Waals surface area contributed by atoms with E-state index in [2.05, 4.69) is 21.0 Å². The van der Waals surface area contributed by atoms with Crippen LogP contribution in [0.2, 0.25) is 0 Å². The smallest absolute Gasteiger partial charge is 0.245 e. The molecule has 0 radical (unpaired) electrons. The minimum absolute atomic E-state index is 0.0660. The van der Waals surface area contributed by atoms with Gasteiger partial charge in [-0.2, -0.15) is 5.10 Å². The van der Waals surface area contributed by atoms with Gasteiger partial charge in [-0.3, -0.25) is 9.48 Å². The van der Waals surface area contributed by atoms with Crippen molar-refractivity contribution in [2.24, 2.45) is 7.05 Å². The third kappa shape index (κ3) is 4.04. The molecule has 0 unspecified atom stereocenters. The topological polar surface area (TPSA) is 81.5 Å². The second kappa shape index (κ2) is 7.17. The van der Waals surface area contributed by atoms with Crippen molar-refractivity contribution < 1.29 is 17.9 Å². The van der Waals surface area contributed by atoms with Crippen molar-refractivity contribution >= 4 is 37.5 Å². The zero-order chi connectivity index (χ0) is 18.9. The summed E-state index contributed by atoms with van der Waals surface area (Å²) in [7, 11) is -0.546. The van der Waals surface area contributed by atoms with Crippen LogP contribution < -0.4 is 9.04 Å². The number of carbonyl (C=O) groups excluding carboxylic acids is 1. The third-order valence-corrected chi connectivity index (χ3v) is 5.47. The second-order valence-corrected chi connectivity index (χ2v) is 8.40. The lowest BCUT2D eigenvalue weighted by Crippen LogP contribution is -2.38. The number of sulfonamides is 1. The summed E-state index contributed by atoms with van der Waals surface area (Å²) in [6, 6.07) is 5.18. The number of rotatable bonds is 5. The van der Waals surface area contributed by atoms with E-state index in [1.165, 1.54) is 0 Å². The second-order valence-electron chi connectivity index (χ2n) is 5.71. The molecule has 1 aromatic carbocycles. The highest BCUT2D eigenvalue weighted by molar-refractivity contribution is 9.10. The van der Waals surface area contributed by atoms with Crippen molar-refractivity contribution in [3.63, 3.8) is 0 Å². The summed E-state index contributed by atoms with van der Waals surface area (Å²) in [5, 5.41) is 4.21. The molecule has 0 N–H and O–H groups in total. The number of halogens is 1. The fourth-order valence-electron chi connectivity index (χ4n) is 2.60. The first-order chi connectivity index (χ1) is 11.6. The first-order valence-electron chi connectivity index (χ1n) is 7.42. The lowest BCUT2D eigenvalue weighted by Gasteiger charge is -2.21. The van der Waals surface area contributed by atoms with Crippen LogP contribution in [0.25, 0.3) is 0 Å². The van der Waals surface area contributed by atoms with Crippen molar-refractivity contribution in [3.8, 4) is 5.75 Å². The number of nitrogens with zero attached hydrogens (tertiary/aromatic N) is 3. The Hall–Kier alpha value is -1.87. The molecule has 2 rings (SSSR count). The summed E-state index contributed by atoms with van der Waals surface area (Å²) in [5.41, 5.74) is 2.06. The molecule has 1 heterocycles. The maximum atomic E-state index is 12.8. The van der Waals surface area contributed by atoms with E-state index in [0.717, 1.165) is 10.6 Å². The number of benzene rings is 1. The molecule has 0 bridgehead atoms. The summed E-state index contributed by atoms with van der Waals surface area (Å²) in [6.07, 6.45) is 0.949. The van der Waals surface area contributed by atoms with Gasteiger partial charge >= 0.3 is 0 Å². The quantitative estimate of drug-likeness (QED) is 0.728. The van der Waals surface area contributed by atoms with E-state index < -0.39 is 15.9 Å². The van der Waals surface area contributed by atoms with Crippen LogP contribution in [0.5, 0.6) is 5.75 Å². The van der Waals surface area contributed by atoms with E-state index in [4.69, 9.17) is 4.74 Å². The van der Waals surface area contributed by atoms with Gasteiger partial charge in [-0.15, -0.1) is 0 Å². The molecule has 0 aliphatic heterocycles. The number of anilines is 1. The molecular weight excluding hydrogens is 410 g/mol. The zero-order valence-electron chi connectivity index (χ0n) is 14.7. The molecule has 2 aromatic rings. The standard InChI is InChI=1S/C16H20BrN3O4S/c1-10-16(11(2)19(3)18-10)20(25(5,22)23)15(21)9-12-6-7-14(24-4)13(17)8-12/h6-8H,9H2,1-5H3. The number of amides is 1. The predicted octanol–water partition coefficient (Wildman–Crippen LogP) is 2.34. The number of ether oxygens (including phenoxy) is 1. The van der Waals surface area contributed by atoms with Crippen LogP contribution in [0.3, 0.4) is 0 Å².